The number of aryl methyl sites for hydroxylation is 1. The number of methoxy groups -OCH3 is 1. The van der Waals surface area contributed by atoms with Gasteiger partial charge in [0.15, 0.2) is 0 Å². The number of hydrogen-bond acceptors (Lipinski definition) is 9. The van der Waals surface area contributed by atoms with Gasteiger partial charge < -0.3 is 19.7 Å². The van der Waals surface area contributed by atoms with Crippen LogP contribution >= 0.6 is 0 Å². The van der Waals surface area contributed by atoms with Crippen LogP contribution in [0.3, 0.4) is 0 Å². The van der Waals surface area contributed by atoms with Crippen LogP contribution in [-0.2, 0) is 11.8 Å². The first kappa shape index (κ1) is 28.3. The van der Waals surface area contributed by atoms with Gasteiger partial charge in [-0.25, -0.2) is 9.67 Å². The summed E-state index contributed by atoms with van der Waals surface area (Å²) in [7, 11) is 5.28. The highest BCUT2D eigenvalue weighted by atomic mass is 16.5. The fraction of sp³-hybridized carbons (Fsp3) is 0.516. The van der Waals surface area contributed by atoms with Crippen molar-refractivity contribution in [2.75, 3.05) is 45.7 Å². The van der Waals surface area contributed by atoms with Crippen LogP contribution in [0.4, 0.5) is 5.82 Å². The monoisotopic (exact) mass is 572 g/mol. The van der Waals surface area contributed by atoms with E-state index in [0.29, 0.717) is 11.8 Å². The van der Waals surface area contributed by atoms with Gasteiger partial charge in [-0.15, -0.1) is 5.10 Å². The molecule has 0 bridgehead atoms. The Labute approximate surface area is 245 Å². The average molecular weight is 573 g/mol. The van der Waals surface area contributed by atoms with Crippen LogP contribution in [0.1, 0.15) is 56.2 Å². The minimum atomic E-state index is -0.147. The van der Waals surface area contributed by atoms with Crippen LogP contribution in [0.2, 0.25) is 0 Å². The van der Waals surface area contributed by atoms with Crippen molar-refractivity contribution in [1.82, 2.24) is 34.4 Å². The van der Waals surface area contributed by atoms with Gasteiger partial charge in [-0.1, -0.05) is 0 Å². The van der Waals surface area contributed by atoms with Gasteiger partial charge >= 0.3 is 0 Å². The second-order valence-electron chi connectivity index (χ2n) is 11.4. The SMILES string of the molecule is CNc1cc2c(cn1)c(-c1ccc(C3CCN(CCOC)CC3)nc1)nn2[C@H]1CC[C@@H](Oc2ccc(=O)n(C)n2)CC1. The highest BCUT2D eigenvalue weighted by molar-refractivity contribution is 5.93. The molecule has 11 nitrogen and oxygen atoms in total. The van der Waals surface area contributed by atoms with Crippen molar-refractivity contribution in [3.05, 3.63) is 58.8 Å². The van der Waals surface area contributed by atoms with E-state index in [9.17, 15) is 4.79 Å². The van der Waals surface area contributed by atoms with Crippen LogP contribution in [0.25, 0.3) is 22.2 Å². The van der Waals surface area contributed by atoms with Gasteiger partial charge in [-0.05, 0) is 63.7 Å². The summed E-state index contributed by atoms with van der Waals surface area (Å²) in [4.78, 5) is 23.7. The molecule has 1 saturated carbocycles. The van der Waals surface area contributed by atoms with Crippen molar-refractivity contribution in [2.45, 2.75) is 56.6 Å². The average Bonchev–Trinajstić information content (AvgIpc) is 3.41. The Morgan fingerprint density at radius 1 is 0.976 bits per heavy atom. The second kappa shape index (κ2) is 12.6. The van der Waals surface area contributed by atoms with Crippen LogP contribution in [0.15, 0.2) is 47.5 Å². The first-order valence-electron chi connectivity index (χ1n) is 15.0. The largest absolute Gasteiger partial charge is 0.473 e. The maximum atomic E-state index is 11.7. The molecule has 4 aromatic heterocycles. The van der Waals surface area contributed by atoms with Crippen molar-refractivity contribution in [3.8, 4) is 17.1 Å². The summed E-state index contributed by atoms with van der Waals surface area (Å²) in [5.74, 6) is 1.79. The zero-order chi connectivity index (χ0) is 29.1. The van der Waals surface area contributed by atoms with Crippen molar-refractivity contribution in [2.24, 2.45) is 7.05 Å². The number of pyridine rings is 2. The Morgan fingerprint density at radius 3 is 2.48 bits per heavy atom. The van der Waals surface area contributed by atoms with E-state index in [-0.39, 0.29) is 17.7 Å². The molecule has 6 rings (SSSR count). The van der Waals surface area contributed by atoms with Crippen molar-refractivity contribution < 1.29 is 9.47 Å². The second-order valence-corrected chi connectivity index (χ2v) is 11.4. The number of ether oxygens (including phenoxy) is 2. The van der Waals surface area contributed by atoms with Crippen LogP contribution in [0, 0.1) is 0 Å². The molecule has 2 fully saturated rings. The third-order valence-electron chi connectivity index (χ3n) is 8.74. The van der Waals surface area contributed by atoms with E-state index in [1.54, 1.807) is 20.2 Å². The van der Waals surface area contributed by atoms with Crippen molar-refractivity contribution >= 4 is 16.7 Å². The summed E-state index contributed by atoms with van der Waals surface area (Å²) in [6.45, 7) is 3.95. The Hall–Kier alpha value is -3.83. The van der Waals surface area contributed by atoms with E-state index in [0.717, 1.165) is 98.4 Å². The number of fused-ring (bicyclic) bond motifs is 1. The van der Waals surface area contributed by atoms with Gasteiger partial charge in [0.05, 0.1) is 18.2 Å². The highest BCUT2D eigenvalue weighted by Gasteiger charge is 2.28. The van der Waals surface area contributed by atoms with Crippen molar-refractivity contribution in [3.63, 3.8) is 0 Å². The standard InChI is InChI=1S/C31H40N8O3/c1-32-28-18-27-25(20-34-28)31(22-4-9-26(33-19-22)21-12-14-38(15-13-21)16-17-41-3)36-39(27)23-5-7-24(8-6-23)42-29-10-11-30(40)37(2)35-29/h4,9-11,18-21,23-24H,5-8,12-17H2,1-3H3,(H,32,34)/t23-,24+. The molecule has 0 unspecified atom stereocenters. The molecule has 11 heteroatoms. The summed E-state index contributed by atoms with van der Waals surface area (Å²) in [6.07, 6.45) is 9.84. The third kappa shape index (κ3) is 6.03. The minimum absolute atomic E-state index is 0.0608. The molecule has 1 aliphatic heterocycles. The normalized spacial score (nSPS) is 20.2. The minimum Gasteiger partial charge on any atom is -0.473 e. The molecule has 4 aromatic rings. The molecule has 0 radical (unpaired) electrons. The Bertz CT molecular complexity index is 1550. The van der Waals surface area contributed by atoms with Crippen LogP contribution in [-0.4, -0.2) is 80.9 Å². The van der Waals surface area contributed by atoms with E-state index in [2.05, 4.69) is 43.2 Å². The lowest BCUT2D eigenvalue weighted by Crippen LogP contribution is -2.35. The fourth-order valence-electron chi connectivity index (χ4n) is 6.24. The molecule has 2 aliphatic rings. The molecular formula is C31H40N8O3. The topological polar surface area (TPSA) is 112 Å². The molecule has 222 valence electrons. The molecule has 0 amide bonds. The van der Waals surface area contributed by atoms with E-state index in [1.165, 1.54) is 10.7 Å². The number of rotatable bonds is 9. The first-order valence-corrected chi connectivity index (χ1v) is 15.0. The summed E-state index contributed by atoms with van der Waals surface area (Å²) in [5, 5.41) is 13.6. The lowest BCUT2D eigenvalue weighted by atomic mass is 9.92. The molecule has 0 spiro atoms. The Balaban J connectivity index is 1.18. The fourth-order valence-corrected chi connectivity index (χ4v) is 6.24. The zero-order valence-corrected chi connectivity index (χ0v) is 24.7. The van der Waals surface area contributed by atoms with Crippen molar-refractivity contribution in [1.29, 1.82) is 0 Å². The number of likely N-dealkylation sites (tertiary alicyclic amines) is 1. The lowest BCUT2D eigenvalue weighted by Gasteiger charge is -2.31. The Morgan fingerprint density at radius 2 is 1.79 bits per heavy atom. The van der Waals surface area contributed by atoms with Gasteiger partial charge in [0, 0.05) is 80.9 Å². The Kier molecular flexibility index (Phi) is 8.48. The summed E-state index contributed by atoms with van der Waals surface area (Å²) >= 11 is 0. The zero-order valence-electron chi connectivity index (χ0n) is 24.7. The number of nitrogens with one attached hydrogen (secondary N) is 1. The smallest absolute Gasteiger partial charge is 0.266 e. The molecule has 42 heavy (non-hydrogen) atoms. The molecule has 0 atom stereocenters. The predicted molar refractivity (Wildman–Crippen MR) is 162 cm³/mol. The first-order chi connectivity index (χ1) is 20.5. The summed E-state index contributed by atoms with van der Waals surface area (Å²) in [6, 6.07) is 9.83. The maximum absolute atomic E-state index is 11.7. The van der Waals surface area contributed by atoms with Gasteiger partial charge in [0.1, 0.15) is 17.6 Å². The van der Waals surface area contributed by atoms with E-state index in [1.807, 2.05) is 19.4 Å². The lowest BCUT2D eigenvalue weighted by molar-refractivity contribution is 0.123. The number of hydrogen-bond donors (Lipinski definition) is 1. The number of piperidine rings is 1. The van der Waals surface area contributed by atoms with E-state index in [4.69, 9.17) is 19.6 Å². The van der Waals surface area contributed by atoms with Gasteiger partial charge in [-0.3, -0.25) is 14.5 Å². The number of anilines is 1. The molecular weight excluding hydrogens is 532 g/mol. The van der Waals surface area contributed by atoms with Crippen LogP contribution in [0.5, 0.6) is 5.88 Å². The molecule has 1 saturated heterocycles. The van der Waals surface area contributed by atoms with Crippen LogP contribution < -0.4 is 15.6 Å². The molecule has 1 aliphatic carbocycles. The molecule has 0 aromatic carbocycles. The number of nitrogens with zero attached hydrogens (tertiary/aromatic N) is 7. The summed E-state index contributed by atoms with van der Waals surface area (Å²) in [5.41, 5.74) is 4.02. The number of aromatic nitrogens is 6. The third-order valence-corrected chi connectivity index (χ3v) is 8.74. The molecule has 5 heterocycles. The van der Waals surface area contributed by atoms with E-state index < -0.39 is 0 Å². The van der Waals surface area contributed by atoms with Gasteiger partial charge in [0.25, 0.3) is 5.56 Å². The van der Waals surface area contributed by atoms with Gasteiger partial charge in [0.2, 0.25) is 5.88 Å². The quantitative estimate of drug-likeness (QED) is 0.318. The predicted octanol–water partition coefficient (Wildman–Crippen LogP) is 4.02. The maximum Gasteiger partial charge on any atom is 0.266 e. The van der Waals surface area contributed by atoms with E-state index >= 15 is 0 Å². The summed E-state index contributed by atoms with van der Waals surface area (Å²) < 4.78 is 14.8. The highest BCUT2D eigenvalue weighted by Crippen LogP contribution is 2.37. The molecule has 1 N–H and O–H groups in total. The van der Waals surface area contributed by atoms with Gasteiger partial charge in [-0.2, -0.15) is 5.10 Å².